The van der Waals surface area contributed by atoms with E-state index >= 15 is 0 Å². The molecule has 3 rings (SSSR count). The Hall–Kier alpha value is -0.680. The third kappa shape index (κ3) is 5.44. The monoisotopic (exact) mass is 512 g/mol. The van der Waals surface area contributed by atoms with E-state index in [1.54, 1.807) is 0 Å². The molecule has 2 aliphatic rings. The van der Waals surface area contributed by atoms with Crippen molar-refractivity contribution in [1.29, 1.82) is 5.41 Å². The van der Waals surface area contributed by atoms with E-state index < -0.39 is 0 Å². The number of hydrogen-bond donors (Lipinski definition) is 1. The van der Waals surface area contributed by atoms with Gasteiger partial charge in [-0.25, -0.2) is 0 Å². The number of nitrogens with one attached hydrogen (secondary N) is 1. The molecule has 1 fully saturated rings. The van der Waals surface area contributed by atoms with Crippen molar-refractivity contribution < 1.29 is 0 Å². The summed E-state index contributed by atoms with van der Waals surface area (Å²) in [5.41, 5.74) is 3.85. The number of piperidine rings is 1. The second-order valence-electron chi connectivity index (χ2n) is 6.80. The molecule has 1 aliphatic heterocycles. The van der Waals surface area contributed by atoms with Crippen LogP contribution in [0.5, 0.6) is 0 Å². The van der Waals surface area contributed by atoms with Crippen LogP contribution in [0.1, 0.15) is 43.7 Å². The van der Waals surface area contributed by atoms with Crippen LogP contribution in [0.25, 0.3) is 6.08 Å². The van der Waals surface area contributed by atoms with Gasteiger partial charge in [0.15, 0.2) is 0 Å². The largest absolute Gasteiger partial charge is 0.306 e. The van der Waals surface area contributed by atoms with Crippen molar-refractivity contribution in [1.82, 2.24) is 4.90 Å². The number of benzene rings is 1. The van der Waals surface area contributed by atoms with Crippen molar-refractivity contribution >= 4 is 55.2 Å². The molecule has 1 unspecified atom stereocenters. The van der Waals surface area contributed by atoms with Crippen LogP contribution < -0.4 is 0 Å². The molecule has 1 saturated heterocycles. The van der Waals surface area contributed by atoms with Gasteiger partial charge in [0.1, 0.15) is 0 Å². The van der Waals surface area contributed by atoms with E-state index in [-0.39, 0.29) is 5.92 Å². The van der Waals surface area contributed by atoms with Crippen LogP contribution in [-0.2, 0) is 0 Å². The lowest BCUT2D eigenvalue weighted by Crippen LogP contribution is -2.35. The van der Waals surface area contributed by atoms with Gasteiger partial charge in [-0.3, -0.25) is 0 Å². The molecule has 2 nitrogen and oxygen atoms in total. The van der Waals surface area contributed by atoms with Gasteiger partial charge in [0.2, 0.25) is 0 Å². The van der Waals surface area contributed by atoms with Gasteiger partial charge in [-0.2, -0.15) is 0 Å². The molecule has 1 atom stereocenters. The van der Waals surface area contributed by atoms with Gasteiger partial charge in [0.25, 0.3) is 0 Å². The predicted octanol–water partition coefficient (Wildman–Crippen LogP) is 7.44. The normalized spacial score (nSPS) is 22.1. The fourth-order valence-electron chi connectivity index (χ4n) is 3.79. The summed E-state index contributed by atoms with van der Waals surface area (Å²) >= 11 is 13.4. The molecule has 1 aromatic rings. The molecule has 1 heterocycles. The Morgan fingerprint density at radius 2 is 1.89 bits per heavy atom. The molecular weight excluding hydrogens is 488 g/mol. The quantitative estimate of drug-likeness (QED) is 0.436. The van der Waals surface area contributed by atoms with E-state index in [0.29, 0.717) is 16.7 Å². The summed E-state index contributed by atoms with van der Waals surface area (Å²) < 4.78 is 1.77. The van der Waals surface area contributed by atoms with E-state index in [1.165, 1.54) is 5.56 Å². The molecule has 146 valence electrons. The fourth-order valence-corrected chi connectivity index (χ4v) is 5.12. The molecular formula is C22H27Br2ClN2. The zero-order chi connectivity index (χ0) is 20.1. The second kappa shape index (κ2) is 10.2. The SMILES string of the molecule is C=C(Br)/C=C1/C=Cc2cc(Cl)cc(Br)c2C(C2CCN(C)CC2)C1=N.CC. The third-order valence-electron chi connectivity index (χ3n) is 5.05. The fraction of sp³-hybridized carbons (Fsp3) is 0.409. The summed E-state index contributed by atoms with van der Waals surface area (Å²) in [5.74, 6) is 0.509. The molecule has 0 radical (unpaired) electrons. The highest BCUT2D eigenvalue weighted by Gasteiger charge is 2.34. The molecule has 1 N–H and O–H groups in total. The van der Waals surface area contributed by atoms with E-state index in [4.69, 9.17) is 17.0 Å². The van der Waals surface area contributed by atoms with Crippen LogP contribution in [0, 0.1) is 11.3 Å². The van der Waals surface area contributed by atoms with Gasteiger partial charge in [-0.05, 0) is 73.8 Å². The number of rotatable bonds is 2. The molecule has 1 aliphatic carbocycles. The summed E-state index contributed by atoms with van der Waals surface area (Å²) in [7, 11) is 2.17. The topological polar surface area (TPSA) is 27.1 Å². The minimum absolute atomic E-state index is 0.0587. The number of halogens is 3. The molecule has 0 spiro atoms. The summed E-state index contributed by atoms with van der Waals surface area (Å²) in [6.45, 7) is 10.1. The van der Waals surface area contributed by atoms with Crippen molar-refractivity contribution in [3.05, 3.63) is 61.5 Å². The maximum Gasteiger partial charge on any atom is 0.0464 e. The van der Waals surface area contributed by atoms with Crippen LogP contribution in [-0.4, -0.2) is 30.7 Å². The first-order valence-corrected chi connectivity index (χ1v) is 11.3. The third-order valence-corrected chi connectivity index (χ3v) is 6.15. The molecule has 0 aromatic heterocycles. The summed E-state index contributed by atoms with van der Waals surface area (Å²) in [6, 6.07) is 3.95. The average Bonchev–Trinajstić information content (AvgIpc) is 2.75. The molecule has 5 heteroatoms. The molecule has 0 amide bonds. The highest BCUT2D eigenvalue weighted by Crippen LogP contribution is 2.43. The lowest BCUT2D eigenvalue weighted by molar-refractivity contribution is 0.212. The van der Waals surface area contributed by atoms with Crippen molar-refractivity contribution in [2.75, 3.05) is 20.1 Å². The molecule has 27 heavy (non-hydrogen) atoms. The van der Waals surface area contributed by atoms with E-state index in [2.05, 4.69) is 56.5 Å². The van der Waals surface area contributed by atoms with Gasteiger partial charge in [-0.1, -0.05) is 76.0 Å². The van der Waals surface area contributed by atoms with Gasteiger partial charge in [0, 0.05) is 25.6 Å². The Labute approximate surface area is 185 Å². The van der Waals surface area contributed by atoms with E-state index in [1.807, 2.05) is 38.1 Å². The van der Waals surface area contributed by atoms with Crippen molar-refractivity contribution in [2.24, 2.45) is 5.92 Å². The minimum atomic E-state index is 0.0587. The molecule has 1 aromatic carbocycles. The van der Waals surface area contributed by atoms with Crippen LogP contribution in [0.4, 0.5) is 0 Å². The maximum absolute atomic E-state index is 8.96. The summed E-state index contributed by atoms with van der Waals surface area (Å²) in [5, 5.41) is 9.66. The zero-order valence-corrected chi connectivity index (χ0v) is 20.1. The van der Waals surface area contributed by atoms with E-state index in [0.717, 1.165) is 46.0 Å². The summed E-state index contributed by atoms with van der Waals surface area (Å²) in [6.07, 6.45) is 8.20. The zero-order valence-electron chi connectivity index (χ0n) is 16.2. The average molecular weight is 515 g/mol. The Bertz CT molecular complexity index is 775. The van der Waals surface area contributed by atoms with Crippen LogP contribution in [0.15, 0.2) is 45.4 Å². The first-order valence-electron chi connectivity index (χ1n) is 9.37. The van der Waals surface area contributed by atoms with Gasteiger partial charge in [-0.15, -0.1) is 0 Å². The van der Waals surface area contributed by atoms with Gasteiger partial charge in [0.05, 0.1) is 0 Å². The Balaban J connectivity index is 0.00000126. The Morgan fingerprint density at radius 1 is 1.26 bits per heavy atom. The van der Waals surface area contributed by atoms with Crippen LogP contribution in [0.3, 0.4) is 0 Å². The standard InChI is InChI=1S/C20H21Br2ClN2.C2H6/c1-12(21)9-15-4-3-14-10-16(23)11-17(22)18(14)19(20(15)24)13-5-7-25(2)8-6-13;1-2/h3-4,9-11,13,19,24H,1,5-8H2,2H3;1-2H3/b15-9-,24-20?;. The molecule has 0 saturated carbocycles. The highest BCUT2D eigenvalue weighted by atomic mass is 79.9. The Morgan fingerprint density at radius 3 is 2.48 bits per heavy atom. The first-order chi connectivity index (χ1) is 12.9. The Kier molecular flexibility index (Phi) is 8.54. The maximum atomic E-state index is 8.96. The number of fused-ring (bicyclic) bond motifs is 1. The smallest absolute Gasteiger partial charge is 0.0464 e. The van der Waals surface area contributed by atoms with E-state index in [9.17, 15) is 0 Å². The predicted molar refractivity (Wildman–Crippen MR) is 126 cm³/mol. The van der Waals surface area contributed by atoms with Crippen molar-refractivity contribution in [2.45, 2.75) is 32.6 Å². The number of hydrogen-bond acceptors (Lipinski definition) is 2. The van der Waals surface area contributed by atoms with Crippen molar-refractivity contribution in [3.63, 3.8) is 0 Å². The van der Waals surface area contributed by atoms with Gasteiger partial charge >= 0.3 is 0 Å². The summed E-state index contributed by atoms with van der Waals surface area (Å²) in [4.78, 5) is 2.37. The van der Waals surface area contributed by atoms with Crippen LogP contribution >= 0.6 is 43.5 Å². The van der Waals surface area contributed by atoms with Crippen molar-refractivity contribution in [3.8, 4) is 0 Å². The number of nitrogens with zero attached hydrogens (tertiary/aromatic N) is 1. The first kappa shape index (κ1) is 22.6. The lowest BCUT2D eigenvalue weighted by Gasteiger charge is -2.35. The minimum Gasteiger partial charge on any atom is -0.306 e. The van der Waals surface area contributed by atoms with Crippen LogP contribution in [0.2, 0.25) is 5.02 Å². The van der Waals surface area contributed by atoms with Gasteiger partial charge < -0.3 is 10.3 Å². The number of allylic oxidation sites excluding steroid dienone is 4. The highest BCUT2D eigenvalue weighted by molar-refractivity contribution is 9.11. The second-order valence-corrected chi connectivity index (χ2v) is 9.11. The number of likely N-dealkylation sites (tertiary alicyclic amines) is 1. The molecule has 0 bridgehead atoms. The lowest BCUT2D eigenvalue weighted by atomic mass is 9.75.